The van der Waals surface area contributed by atoms with Crippen molar-refractivity contribution in [3.63, 3.8) is 0 Å². The van der Waals surface area contributed by atoms with Crippen LogP contribution in [0.1, 0.15) is 32.4 Å². The summed E-state index contributed by atoms with van der Waals surface area (Å²) in [7, 11) is 0. The first-order valence-corrected chi connectivity index (χ1v) is 7.12. The van der Waals surface area contributed by atoms with Gasteiger partial charge in [0.2, 0.25) is 0 Å². The molecule has 1 atom stereocenters. The summed E-state index contributed by atoms with van der Waals surface area (Å²) in [5, 5.41) is 0. The van der Waals surface area contributed by atoms with Crippen molar-refractivity contribution in [2.24, 2.45) is 0 Å². The maximum Gasteiger partial charge on any atom is 0.139 e. The minimum atomic E-state index is 0.625. The van der Waals surface area contributed by atoms with Gasteiger partial charge in [0.1, 0.15) is 5.65 Å². The third-order valence-electron chi connectivity index (χ3n) is 4.06. The average molecular weight is 258 g/mol. The lowest BCUT2D eigenvalue weighted by Crippen LogP contribution is -2.36. The molecule has 1 aliphatic heterocycles. The van der Waals surface area contributed by atoms with Crippen molar-refractivity contribution in [3.8, 4) is 0 Å². The maximum atomic E-state index is 5.80. The number of anilines is 1. The maximum absolute atomic E-state index is 5.80. The largest absolute Gasteiger partial charge is 0.399 e. The molecule has 0 bridgehead atoms. The smallest absolute Gasteiger partial charge is 0.139 e. The van der Waals surface area contributed by atoms with E-state index < -0.39 is 0 Å². The third-order valence-corrected chi connectivity index (χ3v) is 4.06. The van der Waals surface area contributed by atoms with Crippen LogP contribution >= 0.6 is 0 Å². The number of nitrogen functional groups attached to an aromatic ring is 1. The van der Waals surface area contributed by atoms with Crippen LogP contribution in [0.2, 0.25) is 0 Å². The number of rotatable bonds is 3. The monoisotopic (exact) mass is 258 g/mol. The zero-order valence-electron chi connectivity index (χ0n) is 11.7. The van der Waals surface area contributed by atoms with Crippen LogP contribution < -0.4 is 5.73 Å². The summed E-state index contributed by atoms with van der Waals surface area (Å²) < 4.78 is 2.06. The summed E-state index contributed by atoms with van der Waals surface area (Å²) in [6.45, 7) is 5.79. The number of nitrogens with zero attached hydrogens (tertiary/aromatic N) is 3. The van der Waals surface area contributed by atoms with E-state index in [2.05, 4.69) is 34.3 Å². The van der Waals surface area contributed by atoms with Gasteiger partial charge in [0, 0.05) is 42.7 Å². The van der Waals surface area contributed by atoms with Crippen LogP contribution in [0.4, 0.5) is 5.69 Å². The Bertz CT molecular complexity index is 573. The Labute approximate surface area is 114 Å². The highest BCUT2D eigenvalue weighted by Gasteiger charge is 2.27. The SMILES string of the molecule is CC(C)N1CCCC1Cc1cn2ccc(N)cc2n1. The molecule has 0 amide bonds. The summed E-state index contributed by atoms with van der Waals surface area (Å²) in [6, 6.07) is 5.11. The zero-order valence-corrected chi connectivity index (χ0v) is 11.7. The molecule has 1 unspecified atom stereocenters. The van der Waals surface area contributed by atoms with E-state index >= 15 is 0 Å². The van der Waals surface area contributed by atoms with Crippen LogP contribution in [0.3, 0.4) is 0 Å². The van der Waals surface area contributed by atoms with Crippen LogP contribution in [-0.4, -0.2) is 32.9 Å². The molecule has 2 N–H and O–H groups in total. The molecular weight excluding hydrogens is 236 g/mol. The van der Waals surface area contributed by atoms with Gasteiger partial charge in [0.05, 0.1) is 5.69 Å². The van der Waals surface area contributed by atoms with E-state index in [0.29, 0.717) is 12.1 Å². The zero-order chi connectivity index (χ0) is 13.4. The van der Waals surface area contributed by atoms with Crippen LogP contribution in [0, 0.1) is 0 Å². The van der Waals surface area contributed by atoms with Crippen molar-refractivity contribution in [2.75, 3.05) is 12.3 Å². The molecule has 3 rings (SSSR count). The number of likely N-dealkylation sites (tertiary alicyclic amines) is 1. The number of imidazole rings is 1. The van der Waals surface area contributed by atoms with Crippen LogP contribution in [0.5, 0.6) is 0 Å². The lowest BCUT2D eigenvalue weighted by Gasteiger charge is -2.27. The molecule has 2 aromatic heterocycles. The Balaban J connectivity index is 1.81. The number of nitrogens with two attached hydrogens (primary N) is 1. The fourth-order valence-corrected chi connectivity index (χ4v) is 3.15. The molecule has 0 aliphatic carbocycles. The Morgan fingerprint density at radius 1 is 1.47 bits per heavy atom. The number of hydrogen-bond donors (Lipinski definition) is 1. The standard InChI is InChI=1S/C15H22N4/c1-11(2)19-6-3-4-14(19)9-13-10-18-7-5-12(16)8-15(18)17-13/h5,7-8,10-11,14H,3-4,6,9,16H2,1-2H3. The van der Waals surface area contributed by atoms with Gasteiger partial charge in [0.15, 0.2) is 0 Å². The minimum Gasteiger partial charge on any atom is -0.399 e. The van der Waals surface area contributed by atoms with Crippen LogP contribution in [-0.2, 0) is 6.42 Å². The van der Waals surface area contributed by atoms with Gasteiger partial charge in [-0.15, -0.1) is 0 Å². The Morgan fingerprint density at radius 3 is 3.11 bits per heavy atom. The molecule has 1 saturated heterocycles. The number of aromatic nitrogens is 2. The van der Waals surface area contributed by atoms with Crippen molar-refractivity contribution in [3.05, 3.63) is 30.2 Å². The Kier molecular flexibility index (Phi) is 3.19. The second kappa shape index (κ2) is 4.85. The van der Waals surface area contributed by atoms with Crippen LogP contribution in [0.25, 0.3) is 5.65 Å². The number of fused-ring (bicyclic) bond motifs is 1. The van der Waals surface area contributed by atoms with Gasteiger partial charge in [-0.2, -0.15) is 0 Å². The molecule has 0 radical (unpaired) electrons. The summed E-state index contributed by atoms with van der Waals surface area (Å²) in [5.74, 6) is 0. The van der Waals surface area contributed by atoms with Crippen molar-refractivity contribution >= 4 is 11.3 Å². The summed E-state index contributed by atoms with van der Waals surface area (Å²) in [6.07, 6.45) is 7.75. The summed E-state index contributed by atoms with van der Waals surface area (Å²) >= 11 is 0. The van der Waals surface area contributed by atoms with E-state index in [-0.39, 0.29) is 0 Å². The molecule has 1 fully saturated rings. The first-order chi connectivity index (χ1) is 9.13. The number of hydrogen-bond acceptors (Lipinski definition) is 3. The van der Waals surface area contributed by atoms with Crippen molar-refractivity contribution in [1.82, 2.24) is 14.3 Å². The quantitative estimate of drug-likeness (QED) is 0.919. The normalized spacial score (nSPS) is 20.7. The lowest BCUT2D eigenvalue weighted by atomic mass is 10.1. The fourth-order valence-electron chi connectivity index (χ4n) is 3.15. The molecule has 2 aromatic rings. The van der Waals surface area contributed by atoms with Crippen molar-refractivity contribution in [1.29, 1.82) is 0 Å². The molecule has 0 aromatic carbocycles. The molecule has 102 valence electrons. The van der Waals surface area contributed by atoms with Crippen molar-refractivity contribution in [2.45, 2.75) is 45.2 Å². The molecule has 4 nitrogen and oxygen atoms in total. The fraction of sp³-hybridized carbons (Fsp3) is 0.533. The Hall–Kier alpha value is -1.55. The molecule has 4 heteroatoms. The van der Waals surface area contributed by atoms with Gasteiger partial charge in [-0.3, -0.25) is 4.90 Å². The highest BCUT2D eigenvalue weighted by Crippen LogP contribution is 2.23. The molecular formula is C15H22N4. The van der Waals surface area contributed by atoms with E-state index in [0.717, 1.165) is 17.8 Å². The summed E-state index contributed by atoms with van der Waals surface area (Å²) in [5.41, 5.74) is 8.69. The van der Waals surface area contributed by atoms with Gasteiger partial charge in [-0.1, -0.05) is 0 Å². The number of pyridine rings is 1. The van der Waals surface area contributed by atoms with E-state index in [1.165, 1.54) is 25.1 Å². The predicted molar refractivity (Wildman–Crippen MR) is 78.2 cm³/mol. The average Bonchev–Trinajstić information content (AvgIpc) is 2.95. The van der Waals surface area contributed by atoms with E-state index in [1.54, 1.807) is 0 Å². The van der Waals surface area contributed by atoms with Gasteiger partial charge in [-0.05, 0) is 39.3 Å². The second-order valence-electron chi connectivity index (χ2n) is 5.79. The van der Waals surface area contributed by atoms with Gasteiger partial charge >= 0.3 is 0 Å². The highest BCUT2D eigenvalue weighted by atomic mass is 15.2. The topological polar surface area (TPSA) is 46.6 Å². The lowest BCUT2D eigenvalue weighted by molar-refractivity contribution is 0.202. The predicted octanol–water partition coefficient (Wildman–Crippen LogP) is 2.33. The van der Waals surface area contributed by atoms with Crippen molar-refractivity contribution < 1.29 is 0 Å². The van der Waals surface area contributed by atoms with E-state index in [4.69, 9.17) is 5.73 Å². The van der Waals surface area contributed by atoms with Gasteiger partial charge in [-0.25, -0.2) is 4.98 Å². The van der Waals surface area contributed by atoms with E-state index in [9.17, 15) is 0 Å². The first kappa shape index (κ1) is 12.5. The summed E-state index contributed by atoms with van der Waals surface area (Å²) in [4.78, 5) is 7.28. The Morgan fingerprint density at radius 2 is 2.32 bits per heavy atom. The van der Waals surface area contributed by atoms with Gasteiger partial charge in [0.25, 0.3) is 0 Å². The second-order valence-corrected chi connectivity index (χ2v) is 5.79. The highest BCUT2D eigenvalue weighted by molar-refractivity contribution is 5.52. The van der Waals surface area contributed by atoms with Crippen LogP contribution in [0.15, 0.2) is 24.5 Å². The van der Waals surface area contributed by atoms with E-state index in [1.807, 2.05) is 18.3 Å². The molecule has 3 heterocycles. The minimum absolute atomic E-state index is 0.625. The molecule has 0 spiro atoms. The molecule has 1 aliphatic rings. The van der Waals surface area contributed by atoms with Gasteiger partial charge < -0.3 is 10.1 Å². The molecule has 0 saturated carbocycles. The first-order valence-electron chi connectivity index (χ1n) is 7.12. The molecule has 19 heavy (non-hydrogen) atoms. The third kappa shape index (κ3) is 2.45.